The van der Waals surface area contributed by atoms with Crippen molar-refractivity contribution in [2.45, 2.75) is 12.2 Å². The molecule has 7 nitrogen and oxygen atoms in total. The Labute approximate surface area is 182 Å². The minimum absolute atomic E-state index is 0.0760. The molecule has 0 bridgehead atoms. The number of nitrogens with one attached hydrogen (secondary N) is 2. The number of rotatable bonds is 3. The summed E-state index contributed by atoms with van der Waals surface area (Å²) >= 11 is 0. The fraction of sp³-hybridized carbons (Fsp3) is 0.318. The van der Waals surface area contributed by atoms with Crippen LogP contribution in [0.5, 0.6) is 0 Å². The molecule has 0 spiro atoms. The Hall–Kier alpha value is -3.40. The van der Waals surface area contributed by atoms with E-state index in [1.165, 1.54) is 34.1 Å². The molecule has 2 aromatic carbocycles. The average molecular weight is 446 g/mol. The zero-order valence-electron chi connectivity index (χ0n) is 17.2. The lowest BCUT2D eigenvalue weighted by Gasteiger charge is -2.39. The van der Waals surface area contributed by atoms with Crippen LogP contribution < -0.4 is 10.6 Å². The van der Waals surface area contributed by atoms with Gasteiger partial charge in [0.2, 0.25) is 11.8 Å². The van der Waals surface area contributed by atoms with Gasteiger partial charge in [-0.1, -0.05) is 18.2 Å². The molecule has 168 valence electrons. The van der Waals surface area contributed by atoms with Crippen LogP contribution in [0, 0.1) is 0 Å². The zero-order chi connectivity index (χ0) is 23.0. The van der Waals surface area contributed by atoms with Gasteiger partial charge in [-0.15, -0.1) is 0 Å². The predicted molar refractivity (Wildman–Crippen MR) is 111 cm³/mol. The van der Waals surface area contributed by atoms with Crippen LogP contribution in [0.15, 0.2) is 42.5 Å². The second-order valence-corrected chi connectivity index (χ2v) is 7.71. The molecule has 2 aliphatic rings. The molecule has 2 N–H and O–H groups in total. The van der Waals surface area contributed by atoms with E-state index in [4.69, 9.17) is 0 Å². The van der Waals surface area contributed by atoms with Crippen LogP contribution in [0.3, 0.4) is 0 Å². The van der Waals surface area contributed by atoms with Crippen LogP contribution >= 0.6 is 0 Å². The fourth-order valence-electron chi connectivity index (χ4n) is 4.00. The number of alkyl halides is 3. The third-order valence-corrected chi connectivity index (χ3v) is 5.66. The number of hydrogen-bond acceptors (Lipinski definition) is 4. The van der Waals surface area contributed by atoms with Gasteiger partial charge in [-0.2, -0.15) is 13.2 Å². The summed E-state index contributed by atoms with van der Waals surface area (Å²) in [5, 5.41) is 5.50. The Morgan fingerprint density at radius 1 is 1.12 bits per heavy atom. The summed E-state index contributed by atoms with van der Waals surface area (Å²) in [4.78, 5) is 41.2. The van der Waals surface area contributed by atoms with Crippen molar-refractivity contribution in [3.63, 3.8) is 0 Å². The monoisotopic (exact) mass is 446 g/mol. The number of carbonyl (C=O) groups excluding carboxylic acids is 3. The largest absolute Gasteiger partial charge is 0.416 e. The van der Waals surface area contributed by atoms with Crippen molar-refractivity contribution in [3.8, 4) is 11.1 Å². The number of hydrogen-bond donors (Lipinski definition) is 2. The topological polar surface area (TPSA) is 81.8 Å². The highest BCUT2D eigenvalue weighted by atomic mass is 19.4. The number of piperazine rings is 1. The summed E-state index contributed by atoms with van der Waals surface area (Å²) in [7, 11) is 1.65. The summed E-state index contributed by atoms with van der Waals surface area (Å²) in [6.07, 6.45) is -4.48. The molecule has 1 saturated heterocycles. The third kappa shape index (κ3) is 4.05. The maximum atomic E-state index is 13.3. The molecule has 1 unspecified atom stereocenters. The molecule has 0 aromatic heterocycles. The number of fused-ring (bicyclic) bond motifs is 2. The summed E-state index contributed by atoms with van der Waals surface area (Å²) in [5.74, 6) is -0.982. The van der Waals surface area contributed by atoms with E-state index in [0.29, 0.717) is 23.4 Å². The second kappa shape index (κ2) is 8.27. The van der Waals surface area contributed by atoms with E-state index in [1.807, 2.05) is 0 Å². The molecule has 0 radical (unpaired) electrons. The SMILES string of the molecule is CNCC(=O)N1CCN2C(=O)c3cc(-c4cccc(C(F)(F)F)c4)ccc3NC(=O)C2C1. The van der Waals surface area contributed by atoms with Crippen molar-refractivity contribution in [1.82, 2.24) is 15.1 Å². The third-order valence-electron chi connectivity index (χ3n) is 5.66. The predicted octanol–water partition coefficient (Wildman–Crippen LogP) is 2.20. The van der Waals surface area contributed by atoms with Gasteiger partial charge in [0.05, 0.1) is 29.9 Å². The molecule has 0 saturated carbocycles. The Morgan fingerprint density at radius 3 is 2.59 bits per heavy atom. The number of carbonyl (C=O) groups is 3. The molecule has 3 amide bonds. The standard InChI is InChI=1S/C22H21F3N4O3/c1-26-11-19(30)28-7-8-29-18(12-28)20(31)27-17-6-5-14(10-16(17)21(29)32)13-3-2-4-15(9-13)22(23,24)25/h2-6,9-10,18,26H,7-8,11-12H2,1H3,(H,27,31). The number of amides is 3. The number of nitrogens with zero attached hydrogens (tertiary/aromatic N) is 2. The van der Waals surface area contributed by atoms with E-state index in [9.17, 15) is 27.6 Å². The second-order valence-electron chi connectivity index (χ2n) is 7.71. The van der Waals surface area contributed by atoms with Gasteiger partial charge in [-0.05, 0) is 42.4 Å². The molecule has 2 aromatic rings. The molecule has 32 heavy (non-hydrogen) atoms. The molecular weight excluding hydrogens is 425 g/mol. The van der Waals surface area contributed by atoms with Gasteiger partial charge in [0.15, 0.2) is 0 Å². The lowest BCUT2D eigenvalue weighted by molar-refractivity contribution is -0.137. The summed E-state index contributed by atoms with van der Waals surface area (Å²) in [5.41, 5.74) is 0.444. The van der Waals surface area contributed by atoms with E-state index in [2.05, 4.69) is 10.6 Å². The summed E-state index contributed by atoms with van der Waals surface area (Å²) in [6, 6.07) is 8.58. The normalized spacial score (nSPS) is 18.6. The van der Waals surface area contributed by atoms with Crippen molar-refractivity contribution in [2.75, 3.05) is 38.5 Å². The van der Waals surface area contributed by atoms with Crippen molar-refractivity contribution >= 4 is 23.4 Å². The van der Waals surface area contributed by atoms with Crippen LogP contribution in [-0.4, -0.2) is 66.8 Å². The molecule has 10 heteroatoms. The average Bonchev–Trinajstić information content (AvgIpc) is 2.87. The van der Waals surface area contributed by atoms with Gasteiger partial charge in [-0.25, -0.2) is 0 Å². The van der Waals surface area contributed by atoms with E-state index in [0.717, 1.165) is 12.1 Å². The minimum atomic E-state index is -4.48. The van der Waals surface area contributed by atoms with E-state index >= 15 is 0 Å². The molecule has 1 fully saturated rings. The Kier molecular flexibility index (Phi) is 5.64. The molecule has 0 aliphatic carbocycles. The molecular formula is C22H21F3N4O3. The first-order valence-corrected chi connectivity index (χ1v) is 10.0. The Morgan fingerprint density at radius 2 is 1.88 bits per heavy atom. The van der Waals surface area contributed by atoms with E-state index in [1.54, 1.807) is 13.1 Å². The summed E-state index contributed by atoms with van der Waals surface area (Å²) in [6.45, 7) is 0.674. The number of anilines is 1. The van der Waals surface area contributed by atoms with Gasteiger partial charge in [0.25, 0.3) is 5.91 Å². The number of halogens is 3. The minimum Gasteiger partial charge on any atom is -0.337 e. The Bertz CT molecular complexity index is 1090. The van der Waals surface area contributed by atoms with Crippen LogP contribution in [0.2, 0.25) is 0 Å². The van der Waals surface area contributed by atoms with Gasteiger partial charge in [0, 0.05) is 13.1 Å². The van der Waals surface area contributed by atoms with E-state index in [-0.39, 0.29) is 31.1 Å². The van der Waals surface area contributed by atoms with E-state index < -0.39 is 29.6 Å². The van der Waals surface area contributed by atoms with Gasteiger partial charge >= 0.3 is 6.18 Å². The first-order chi connectivity index (χ1) is 15.2. The summed E-state index contributed by atoms with van der Waals surface area (Å²) < 4.78 is 39.3. The first-order valence-electron chi connectivity index (χ1n) is 10.0. The number of likely N-dealkylation sites (N-methyl/N-ethyl adjacent to an activating group) is 1. The zero-order valence-corrected chi connectivity index (χ0v) is 17.2. The van der Waals surface area contributed by atoms with Crippen LogP contribution in [0.4, 0.5) is 18.9 Å². The highest BCUT2D eigenvalue weighted by Gasteiger charge is 2.40. The van der Waals surface area contributed by atoms with Crippen molar-refractivity contribution in [1.29, 1.82) is 0 Å². The van der Waals surface area contributed by atoms with Crippen LogP contribution in [0.1, 0.15) is 15.9 Å². The number of benzene rings is 2. The maximum Gasteiger partial charge on any atom is 0.416 e. The molecule has 1 atom stereocenters. The first kappa shape index (κ1) is 21.8. The van der Waals surface area contributed by atoms with Gasteiger partial charge in [-0.3, -0.25) is 14.4 Å². The quantitative estimate of drug-likeness (QED) is 0.758. The highest BCUT2D eigenvalue weighted by Crippen LogP contribution is 2.34. The van der Waals surface area contributed by atoms with Gasteiger partial charge in [0.1, 0.15) is 6.04 Å². The maximum absolute atomic E-state index is 13.3. The van der Waals surface area contributed by atoms with Crippen molar-refractivity contribution < 1.29 is 27.6 Å². The molecule has 4 rings (SSSR count). The molecule has 2 aliphatic heterocycles. The smallest absolute Gasteiger partial charge is 0.337 e. The van der Waals surface area contributed by atoms with Crippen molar-refractivity contribution in [2.24, 2.45) is 0 Å². The lowest BCUT2D eigenvalue weighted by Crippen LogP contribution is -2.60. The Balaban J connectivity index is 1.66. The van der Waals surface area contributed by atoms with Gasteiger partial charge < -0.3 is 20.4 Å². The lowest BCUT2D eigenvalue weighted by atomic mass is 9.99. The van der Waals surface area contributed by atoms with Crippen LogP contribution in [0.25, 0.3) is 11.1 Å². The molecule has 2 heterocycles. The highest BCUT2D eigenvalue weighted by molar-refractivity contribution is 6.10. The fourth-order valence-corrected chi connectivity index (χ4v) is 4.00. The van der Waals surface area contributed by atoms with Crippen molar-refractivity contribution in [3.05, 3.63) is 53.6 Å². The van der Waals surface area contributed by atoms with Crippen LogP contribution in [-0.2, 0) is 15.8 Å².